The second-order valence-electron chi connectivity index (χ2n) is 9.60. The Morgan fingerprint density at radius 1 is 1.05 bits per heavy atom. The number of halogens is 2. The van der Waals surface area contributed by atoms with Gasteiger partial charge in [-0.05, 0) is 36.8 Å². The number of nitrogens with zero attached hydrogens (tertiary/aromatic N) is 8. The number of likely N-dealkylation sites (tertiary alicyclic amines) is 1. The molecule has 0 unspecified atom stereocenters. The molecule has 2 N–H and O–H groups in total. The van der Waals surface area contributed by atoms with E-state index in [4.69, 9.17) is 9.97 Å². The number of H-pyrrole nitrogens is 2. The van der Waals surface area contributed by atoms with Crippen LogP contribution < -0.4 is 0 Å². The van der Waals surface area contributed by atoms with E-state index in [0.29, 0.717) is 47.2 Å². The Balaban J connectivity index is 1.24. The fourth-order valence-electron chi connectivity index (χ4n) is 4.90. The number of hydrogen-bond acceptors (Lipinski definition) is 7. The number of aromatic nitrogens is 9. The van der Waals surface area contributed by atoms with E-state index < -0.39 is 5.92 Å². The summed E-state index contributed by atoms with van der Waals surface area (Å²) in [4.78, 5) is 27.9. The maximum Gasteiger partial charge on any atom is 0.261 e. The van der Waals surface area contributed by atoms with Crippen molar-refractivity contribution in [2.24, 2.45) is 0 Å². The molecule has 0 radical (unpaired) electrons. The molecule has 0 bridgehead atoms. The minimum atomic E-state index is -2.62. The van der Waals surface area contributed by atoms with Crippen LogP contribution in [0.1, 0.15) is 17.7 Å². The Kier molecular flexibility index (Phi) is 5.05. The minimum absolute atomic E-state index is 0.108. The summed E-state index contributed by atoms with van der Waals surface area (Å²) < 4.78 is 29.1. The lowest BCUT2D eigenvalue weighted by atomic mass is 10.1. The average Bonchev–Trinajstić information content (AvgIpc) is 3.69. The van der Waals surface area contributed by atoms with Crippen molar-refractivity contribution in [2.75, 3.05) is 13.1 Å². The summed E-state index contributed by atoms with van der Waals surface area (Å²) in [5.41, 5.74) is 6.74. The zero-order valence-corrected chi connectivity index (χ0v) is 20.4. The van der Waals surface area contributed by atoms with Crippen molar-refractivity contribution in [3.05, 3.63) is 66.6 Å². The van der Waals surface area contributed by atoms with Crippen LogP contribution in [0.15, 0.2) is 55.4 Å². The summed E-state index contributed by atoms with van der Waals surface area (Å²) in [6, 6.07) is 7.60. The lowest BCUT2D eigenvalue weighted by molar-refractivity contribution is 0.0115. The second kappa shape index (κ2) is 8.48. The summed E-state index contributed by atoms with van der Waals surface area (Å²) in [6.45, 7) is 2.48. The fraction of sp³-hybridized carbons (Fsp3) is 0.231. The van der Waals surface area contributed by atoms with E-state index in [2.05, 4.69) is 30.1 Å². The normalized spacial score (nSPS) is 15.7. The summed E-state index contributed by atoms with van der Waals surface area (Å²) in [6.07, 6.45) is 8.65. The lowest BCUT2D eigenvalue weighted by Gasteiger charge is -2.15. The van der Waals surface area contributed by atoms with E-state index in [1.807, 2.05) is 42.0 Å². The monoisotopic (exact) mass is 512 g/mol. The molecular weight excluding hydrogens is 490 g/mol. The highest BCUT2D eigenvalue weighted by atomic mass is 19.3. The number of alkyl halides is 2. The molecule has 6 aromatic heterocycles. The zero-order chi connectivity index (χ0) is 25.9. The van der Waals surface area contributed by atoms with Crippen molar-refractivity contribution in [1.29, 1.82) is 0 Å². The van der Waals surface area contributed by atoms with Gasteiger partial charge in [-0.3, -0.25) is 19.5 Å². The fourth-order valence-corrected chi connectivity index (χ4v) is 4.90. The quantitative estimate of drug-likeness (QED) is 0.354. The van der Waals surface area contributed by atoms with Crippen LogP contribution in [0, 0.1) is 6.92 Å². The molecule has 0 amide bonds. The average molecular weight is 513 g/mol. The van der Waals surface area contributed by atoms with E-state index in [-0.39, 0.29) is 13.0 Å². The Labute approximate surface area is 214 Å². The number of hydrogen-bond donors (Lipinski definition) is 2. The number of fused-ring (bicyclic) bond motifs is 2. The number of aromatic amines is 2. The first kappa shape index (κ1) is 22.6. The van der Waals surface area contributed by atoms with Gasteiger partial charge in [0.2, 0.25) is 0 Å². The first-order valence-corrected chi connectivity index (χ1v) is 12.2. The summed E-state index contributed by atoms with van der Waals surface area (Å²) in [5, 5.41) is 7.52. The van der Waals surface area contributed by atoms with E-state index in [9.17, 15) is 8.78 Å². The standard InChI is InChI=1S/C26H22F2N10/c1-15-11-38(14-31-15)25-22-19(4-6-30-25)33-24(34-22)23-21-20(35-36-23)3-2-18(32-21)17-8-16(9-29-10-17)12-37-7-5-26(27,28)13-37/h2-4,6,8-11,14H,5,7,12-13H2,1H3,(H,33,34)(H,35,36). The molecule has 1 aliphatic rings. The largest absolute Gasteiger partial charge is 0.336 e. The van der Waals surface area contributed by atoms with Gasteiger partial charge in [-0.2, -0.15) is 5.10 Å². The van der Waals surface area contributed by atoms with E-state index in [1.54, 1.807) is 29.8 Å². The lowest BCUT2D eigenvalue weighted by Crippen LogP contribution is -2.24. The van der Waals surface area contributed by atoms with Gasteiger partial charge in [0.05, 0.1) is 29.0 Å². The molecule has 6 aromatic rings. The summed E-state index contributed by atoms with van der Waals surface area (Å²) >= 11 is 0. The molecule has 1 saturated heterocycles. The second-order valence-corrected chi connectivity index (χ2v) is 9.60. The number of pyridine rings is 3. The molecule has 0 aromatic carbocycles. The molecule has 190 valence electrons. The number of rotatable bonds is 5. The third-order valence-corrected chi connectivity index (χ3v) is 6.72. The molecule has 38 heavy (non-hydrogen) atoms. The first-order chi connectivity index (χ1) is 18.4. The molecule has 7 heterocycles. The van der Waals surface area contributed by atoms with Crippen molar-refractivity contribution in [3.8, 4) is 28.6 Å². The van der Waals surface area contributed by atoms with E-state index >= 15 is 0 Å². The molecule has 10 nitrogen and oxygen atoms in total. The van der Waals surface area contributed by atoms with Crippen LogP contribution in [-0.2, 0) is 6.54 Å². The van der Waals surface area contributed by atoms with E-state index in [0.717, 1.165) is 27.9 Å². The van der Waals surface area contributed by atoms with Crippen molar-refractivity contribution >= 4 is 22.1 Å². The molecule has 0 aliphatic carbocycles. The van der Waals surface area contributed by atoms with Gasteiger partial charge in [0.15, 0.2) is 17.3 Å². The molecule has 1 fully saturated rings. The van der Waals surface area contributed by atoms with Gasteiger partial charge in [-0.1, -0.05) is 0 Å². The molecule has 12 heteroatoms. The van der Waals surface area contributed by atoms with Crippen LogP contribution in [0.25, 0.3) is 50.7 Å². The third-order valence-electron chi connectivity index (χ3n) is 6.72. The highest BCUT2D eigenvalue weighted by molar-refractivity contribution is 5.92. The number of aryl methyl sites for hydroxylation is 1. The van der Waals surface area contributed by atoms with Crippen LogP contribution in [0.2, 0.25) is 0 Å². The highest BCUT2D eigenvalue weighted by Crippen LogP contribution is 2.30. The highest BCUT2D eigenvalue weighted by Gasteiger charge is 2.37. The molecular formula is C26H22F2N10. The SMILES string of the molecule is Cc1cn(-c2nccc3[nH]c(-c4n[nH]c5ccc(-c6cncc(CN7CCC(F)(F)C7)c6)nc45)nc23)cn1. The summed E-state index contributed by atoms with van der Waals surface area (Å²) in [7, 11) is 0. The molecule has 0 spiro atoms. The molecule has 1 aliphatic heterocycles. The first-order valence-electron chi connectivity index (χ1n) is 12.2. The van der Waals surface area contributed by atoms with Gasteiger partial charge < -0.3 is 4.98 Å². The van der Waals surface area contributed by atoms with Crippen LogP contribution in [0.4, 0.5) is 8.78 Å². The van der Waals surface area contributed by atoms with Gasteiger partial charge in [-0.15, -0.1) is 0 Å². The van der Waals surface area contributed by atoms with Gasteiger partial charge in [0.1, 0.15) is 17.4 Å². The Bertz CT molecular complexity index is 1800. The van der Waals surface area contributed by atoms with E-state index in [1.165, 1.54) is 0 Å². The number of nitrogens with one attached hydrogen (secondary N) is 2. The van der Waals surface area contributed by atoms with Crippen LogP contribution in [-0.4, -0.2) is 68.6 Å². The van der Waals surface area contributed by atoms with Gasteiger partial charge in [0.25, 0.3) is 5.92 Å². The zero-order valence-electron chi connectivity index (χ0n) is 20.4. The maximum absolute atomic E-state index is 13.6. The third kappa shape index (κ3) is 3.98. The van der Waals surface area contributed by atoms with Crippen molar-refractivity contribution in [3.63, 3.8) is 0 Å². The maximum atomic E-state index is 13.6. The van der Waals surface area contributed by atoms with Crippen molar-refractivity contribution in [1.82, 2.24) is 49.6 Å². The molecule has 7 rings (SSSR count). The van der Waals surface area contributed by atoms with Crippen LogP contribution >= 0.6 is 0 Å². The molecule has 0 saturated carbocycles. The Hall–Kier alpha value is -4.58. The predicted molar refractivity (Wildman–Crippen MR) is 137 cm³/mol. The Morgan fingerprint density at radius 2 is 1.97 bits per heavy atom. The van der Waals surface area contributed by atoms with Crippen molar-refractivity contribution in [2.45, 2.75) is 25.8 Å². The molecule has 0 atom stereocenters. The predicted octanol–water partition coefficient (Wildman–Crippen LogP) is 4.29. The smallest absolute Gasteiger partial charge is 0.261 e. The number of imidazole rings is 2. The topological polar surface area (TPSA) is 117 Å². The van der Waals surface area contributed by atoms with Gasteiger partial charge in [0, 0.05) is 49.9 Å². The van der Waals surface area contributed by atoms with Gasteiger partial charge in [-0.25, -0.2) is 28.7 Å². The van der Waals surface area contributed by atoms with Crippen LogP contribution in [0.5, 0.6) is 0 Å². The minimum Gasteiger partial charge on any atom is -0.336 e. The Morgan fingerprint density at radius 3 is 2.79 bits per heavy atom. The van der Waals surface area contributed by atoms with Gasteiger partial charge >= 0.3 is 0 Å². The summed E-state index contributed by atoms with van der Waals surface area (Å²) in [5.74, 6) is -1.40. The van der Waals surface area contributed by atoms with Crippen molar-refractivity contribution < 1.29 is 8.78 Å². The van der Waals surface area contributed by atoms with Crippen LogP contribution in [0.3, 0.4) is 0 Å².